The smallest absolute Gasteiger partial charge is 0.320 e. The highest BCUT2D eigenvalue weighted by Crippen LogP contribution is 2.33. The zero-order valence-corrected chi connectivity index (χ0v) is 17.5. The van der Waals surface area contributed by atoms with Gasteiger partial charge in [0.1, 0.15) is 6.54 Å². The van der Waals surface area contributed by atoms with Crippen LogP contribution in [0.3, 0.4) is 0 Å². The van der Waals surface area contributed by atoms with E-state index in [1.807, 2.05) is 35.7 Å². The lowest BCUT2D eigenvalue weighted by molar-refractivity contribution is -0.133. The van der Waals surface area contributed by atoms with Gasteiger partial charge in [-0.3, -0.25) is 4.79 Å². The van der Waals surface area contributed by atoms with Gasteiger partial charge >= 0.3 is 6.03 Å². The molecule has 0 N–H and O–H groups in total. The summed E-state index contributed by atoms with van der Waals surface area (Å²) in [7, 11) is 3.33. The Bertz CT molecular complexity index is 867. The monoisotopic (exact) mass is 415 g/mol. The maximum absolute atomic E-state index is 13.1. The lowest BCUT2D eigenvalue weighted by Gasteiger charge is -2.28. The van der Waals surface area contributed by atoms with Crippen molar-refractivity contribution in [1.29, 1.82) is 0 Å². The molecule has 0 fully saturated rings. The second kappa shape index (κ2) is 9.47. The fourth-order valence-electron chi connectivity index (χ4n) is 2.99. The molecule has 1 aliphatic heterocycles. The third kappa shape index (κ3) is 5.29. The van der Waals surface area contributed by atoms with Gasteiger partial charge in [0.05, 0.1) is 6.54 Å². The Hall–Kier alpha value is -3.00. The summed E-state index contributed by atoms with van der Waals surface area (Å²) in [4.78, 5) is 31.3. The lowest BCUT2D eigenvalue weighted by Crippen LogP contribution is -2.46. The van der Waals surface area contributed by atoms with Crippen molar-refractivity contribution in [2.45, 2.75) is 13.1 Å². The molecule has 1 aliphatic rings. The van der Waals surface area contributed by atoms with Crippen LogP contribution in [0.25, 0.3) is 0 Å². The van der Waals surface area contributed by atoms with Crippen molar-refractivity contribution in [2.24, 2.45) is 0 Å². The highest BCUT2D eigenvalue weighted by atomic mass is 32.1. The Morgan fingerprint density at radius 3 is 2.62 bits per heavy atom. The first-order valence-electron chi connectivity index (χ1n) is 9.23. The van der Waals surface area contributed by atoms with Crippen LogP contribution >= 0.6 is 11.3 Å². The van der Waals surface area contributed by atoms with Gasteiger partial charge in [0.15, 0.2) is 11.5 Å². The van der Waals surface area contributed by atoms with Crippen LogP contribution in [-0.4, -0.2) is 60.6 Å². The molecule has 8 heteroatoms. The SMILES string of the molecule is C=CCN(CC(=O)N(Cc1ccc2c(c1)OCO2)Cc1cccs1)C(=O)N(C)C. The third-order valence-electron chi connectivity index (χ3n) is 4.42. The van der Waals surface area contributed by atoms with Gasteiger partial charge in [0.2, 0.25) is 12.7 Å². The third-order valence-corrected chi connectivity index (χ3v) is 5.28. The number of urea groups is 1. The van der Waals surface area contributed by atoms with E-state index in [0.717, 1.165) is 10.4 Å². The fourth-order valence-corrected chi connectivity index (χ4v) is 3.71. The maximum atomic E-state index is 13.1. The molecular weight excluding hydrogens is 390 g/mol. The largest absolute Gasteiger partial charge is 0.454 e. The second-order valence-corrected chi connectivity index (χ2v) is 7.90. The molecular formula is C21H25N3O4S. The number of amides is 3. The number of fused-ring (bicyclic) bond motifs is 1. The predicted octanol–water partition coefficient (Wildman–Crippen LogP) is 3.18. The average molecular weight is 416 g/mol. The summed E-state index contributed by atoms with van der Waals surface area (Å²) in [6.45, 7) is 5.08. The van der Waals surface area contributed by atoms with E-state index in [-0.39, 0.29) is 25.3 Å². The van der Waals surface area contributed by atoms with E-state index in [0.29, 0.717) is 31.1 Å². The number of benzene rings is 1. The van der Waals surface area contributed by atoms with E-state index in [1.54, 1.807) is 36.4 Å². The van der Waals surface area contributed by atoms with Gasteiger partial charge in [-0.1, -0.05) is 18.2 Å². The van der Waals surface area contributed by atoms with Crippen molar-refractivity contribution in [3.8, 4) is 11.5 Å². The van der Waals surface area contributed by atoms with E-state index >= 15 is 0 Å². The molecule has 3 amide bonds. The summed E-state index contributed by atoms with van der Waals surface area (Å²) in [6.07, 6.45) is 1.62. The summed E-state index contributed by atoms with van der Waals surface area (Å²) < 4.78 is 10.8. The number of nitrogens with zero attached hydrogens (tertiary/aromatic N) is 3. The molecule has 0 atom stereocenters. The van der Waals surface area contributed by atoms with Crippen molar-refractivity contribution < 1.29 is 19.1 Å². The Kier molecular flexibility index (Phi) is 6.77. The maximum Gasteiger partial charge on any atom is 0.320 e. The van der Waals surface area contributed by atoms with E-state index in [2.05, 4.69) is 6.58 Å². The molecule has 154 valence electrons. The Morgan fingerprint density at radius 1 is 1.14 bits per heavy atom. The standard InChI is InChI=1S/C21H25N3O4S/c1-4-9-23(21(26)22(2)3)14-20(25)24(13-17-6-5-10-29-17)12-16-7-8-18-19(11-16)28-15-27-18/h4-8,10-11H,1,9,12-15H2,2-3H3. The number of ether oxygens (including phenoxy) is 2. The minimum absolute atomic E-state index is 0.0149. The van der Waals surface area contributed by atoms with Crippen molar-refractivity contribution >= 4 is 23.3 Å². The first-order chi connectivity index (χ1) is 14.0. The highest BCUT2D eigenvalue weighted by Gasteiger charge is 2.23. The molecule has 1 aromatic carbocycles. The highest BCUT2D eigenvalue weighted by molar-refractivity contribution is 7.09. The molecule has 0 bridgehead atoms. The van der Waals surface area contributed by atoms with Crippen LogP contribution in [-0.2, 0) is 17.9 Å². The minimum atomic E-state index is -0.225. The van der Waals surface area contributed by atoms with Gasteiger partial charge in [-0.05, 0) is 29.1 Å². The predicted molar refractivity (Wildman–Crippen MR) is 112 cm³/mol. The van der Waals surface area contributed by atoms with Crippen LogP contribution in [0.15, 0.2) is 48.4 Å². The van der Waals surface area contributed by atoms with Crippen molar-refractivity contribution in [3.05, 3.63) is 58.8 Å². The summed E-state index contributed by atoms with van der Waals surface area (Å²) in [5.41, 5.74) is 0.938. The molecule has 0 aliphatic carbocycles. The molecule has 0 saturated heterocycles. The molecule has 0 saturated carbocycles. The number of carbonyl (C=O) groups is 2. The molecule has 0 spiro atoms. The number of hydrogen-bond acceptors (Lipinski definition) is 5. The van der Waals surface area contributed by atoms with Crippen LogP contribution in [0.4, 0.5) is 4.79 Å². The Morgan fingerprint density at radius 2 is 1.93 bits per heavy atom. The first kappa shape index (κ1) is 20.7. The molecule has 1 aromatic heterocycles. The van der Waals surface area contributed by atoms with Gasteiger partial charge in [-0.25, -0.2) is 4.79 Å². The minimum Gasteiger partial charge on any atom is -0.454 e. The molecule has 29 heavy (non-hydrogen) atoms. The van der Waals surface area contributed by atoms with E-state index in [9.17, 15) is 9.59 Å². The topological polar surface area (TPSA) is 62.3 Å². The zero-order chi connectivity index (χ0) is 20.8. The Balaban J connectivity index is 1.77. The quantitative estimate of drug-likeness (QED) is 0.622. The van der Waals surface area contributed by atoms with Gasteiger partial charge in [0, 0.05) is 32.1 Å². The van der Waals surface area contributed by atoms with E-state index < -0.39 is 0 Å². The normalized spacial score (nSPS) is 11.8. The summed E-state index contributed by atoms with van der Waals surface area (Å²) in [6, 6.07) is 9.40. The first-order valence-corrected chi connectivity index (χ1v) is 10.1. The molecule has 2 aromatic rings. The van der Waals surface area contributed by atoms with E-state index in [1.165, 1.54) is 9.80 Å². The lowest BCUT2D eigenvalue weighted by atomic mass is 10.2. The zero-order valence-electron chi connectivity index (χ0n) is 16.7. The fraction of sp³-hybridized carbons (Fsp3) is 0.333. The molecule has 0 unspecified atom stereocenters. The van der Waals surface area contributed by atoms with Crippen LogP contribution in [0, 0.1) is 0 Å². The number of hydrogen-bond donors (Lipinski definition) is 0. The van der Waals surface area contributed by atoms with Crippen LogP contribution < -0.4 is 9.47 Å². The molecule has 0 radical (unpaired) electrons. The summed E-state index contributed by atoms with van der Waals surface area (Å²) >= 11 is 1.60. The Labute approximate surface area is 174 Å². The molecule has 2 heterocycles. The van der Waals surface area contributed by atoms with Crippen LogP contribution in [0.1, 0.15) is 10.4 Å². The molecule has 7 nitrogen and oxygen atoms in total. The number of thiophene rings is 1. The van der Waals surface area contributed by atoms with Crippen molar-refractivity contribution in [1.82, 2.24) is 14.7 Å². The summed E-state index contributed by atoms with van der Waals surface area (Å²) in [5.74, 6) is 1.26. The van der Waals surface area contributed by atoms with Gasteiger partial charge < -0.3 is 24.2 Å². The number of carbonyl (C=O) groups excluding carboxylic acids is 2. The van der Waals surface area contributed by atoms with Gasteiger partial charge in [-0.2, -0.15) is 0 Å². The second-order valence-electron chi connectivity index (χ2n) is 6.86. The van der Waals surface area contributed by atoms with Crippen LogP contribution in [0.5, 0.6) is 11.5 Å². The van der Waals surface area contributed by atoms with Crippen molar-refractivity contribution in [3.63, 3.8) is 0 Å². The number of rotatable bonds is 8. The van der Waals surface area contributed by atoms with Gasteiger partial charge in [0.25, 0.3) is 0 Å². The average Bonchev–Trinajstić information content (AvgIpc) is 3.37. The summed E-state index contributed by atoms with van der Waals surface area (Å²) in [5, 5.41) is 1.98. The van der Waals surface area contributed by atoms with Crippen molar-refractivity contribution in [2.75, 3.05) is 34.0 Å². The van der Waals surface area contributed by atoms with Crippen LogP contribution in [0.2, 0.25) is 0 Å². The van der Waals surface area contributed by atoms with E-state index in [4.69, 9.17) is 9.47 Å². The van der Waals surface area contributed by atoms with Gasteiger partial charge in [-0.15, -0.1) is 17.9 Å². The molecule has 3 rings (SSSR count).